The monoisotopic (exact) mass is 294 g/mol. The van der Waals surface area contributed by atoms with Crippen LogP contribution in [0.5, 0.6) is 0 Å². The summed E-state index contributed by atoms with van der Waals surface area (Å²) in [4.78, 5) is 20.7. The van der Waals surface area contributed by atoms with Gasteiger partial charge in [0.2, 0.25) is 0 Å². The Labute approximate surface area is 129 Å². The predicted molar refractivity (Wildman–Crippen MR) is 85.6 cm³/mol. The number of hydrogen-bond acceptors (Lipinski definition) is 3. The lowest BCUT2D eigenvalue weighted by molar-refractivity contribution is 0.0951. The maximum Gasteiger partial charge on any atom is 0.251 e. The topological polar surface area (TPSA) is 59.8 Å². The highest BCUT2D eigenvalue weighted by atomic mass is 16.1. The normalized spacial score (nSPS) is 10.9. The number of hydrogen-bond donors (Lipinski definition) is 1. The number of rotatable bonds is 3. The smallest absolute Gasteiger partial charge is 0.251 e. The molecule has 0 aliphatic rings. The summed E-state index contributed by atoms with van der Waals surface area (Å²) >= 11 is 0. The van der Waals surface area contributed by atoms with Gasteiger partial charge in [-0.25, -0.2) is 9.97 Å². The Balaban J connectivity index is 1.80. The molecule has 3 aromatic rings. The quantitative estimate of drug-likeness (QED) is 0.807. The van der Waals surface area contributed by atoms with E-state index in [1.54, 1.807) is 6.33 Å². The third kappa shape index (κ3) is 2.57. The average Bonchev–Trinajstić information content (AvgIpc) is 2.87. The van der Waals surface area contributed by atoms with Crippen LogP contribution in [0.1, 0.15) is 27.3 Å². The summed E-state index contributed by atoms with van der Waals surface area (Å²) in [5, 5.41) is 4.07. The highest BCUT2D eigenvalue weighted by Crippen LogP contribution is 2.17. The Bertz CT molecular complexity index is 831. The van der Waals surface area contributed by atoms with Gasteiger partial charge in [0.05, 0.1) is 0 Å². The molecule has 2 aromatic heterocycles. The van der Waals surface area contributed by atoms with Gasteiger partial charge in [-0.2, -0.15) is 0 Å². The van der Waals surface area contributed by atoms with Crippen LogP contribution in [0.4, 0.5) is 0 Å². The number of benzene rings is 1. The Kier molecular flexibility index (Phi) is 3.63. The van der Waals surface area contributed by atoms with Gasteiger partial charge in [0.1, 0.15) is 6.33 Å². The Morgan fingerprint density at radius 1 is 1.18 bits per heavy atom. The van der Waals surface area contributed by atoms with Gasteiger partial charge in [0, 0.05) is 47.8 Å². The van der Waals surface area contributed by atoms with Crippen molar-refractivity contribution in [1.29, 1.82) is 0 Å². The zero-order valence-corrected chi connectivity index (χ0v) is 12.9. The summed E-state index contributed by atoms with van der Waals surface area (Å²) < 4.78 is 2.01. The largest absolute Gasteiger partial charge is 0.351 e. The number of nitrogens with zero attached hydrogens (tertiary/aromatic N) is 3. The first-order valence-corrected chi connectivity index (χ1v) is 7.16. The highest BCUT2D eigenvalue weighted by Gasteiger charge is 2.10. The van der Waals surface area contributed by atoms with Crippen molar-refractivity contribution in [3.63, 3.8) is 0 Å². The lowest BCUT2D eigenvalue weighted by Gasteiger charge is -2.10. The van der Waals surface area contributed by atoms with E-state index in [1.807, 2.05) is 55.9 Å². The minimum atomic E-state index is -0.0919. The van der Waals surface area contributed by atoms with Crippen LogP contribution in [0, 0.1) is 13.8 Å². The standard InChI is InChI=1S/C17H18N4O/c1-11-15(12(2)20-10-19-11)9-18-17(22)14-5-4-13-6-7-21(3)16(13)8-14/h4-8,10H,9H2,1-3H3,(H,18,22). The number of aromatic nitrogens is 3. The first-order chi connectivity index (χ1) is 10.6. The lowest BCUT2D eigenvalue weighted by atomic mass is 10.1. The van der Waals surface area contributed by atoms with Crippen molar-refractivity contribution in [2.24, 2.45) is 7.05 Å². The van der Waals surface area contributed by atoms with Crippen LogP contribution in [0.15, 0.2) is 36.8 Å². The Morgan fingerprint density at radius 2 is 1.91 bits per heavy atom. The van der Waals surface area contributed by atoms with Crippen molar-refractivity contribution in [3.8, 4) is 0 Å². The van der Waals surface area contributed by atoms with Crippen LogP contribution in [0.3, 0.4) is 0 Å². The average molecular weight is 294 g/mol. The number of fused-ring (bicyclic) bond motifs is 1. The van der Waals surface area contributed by atoms with Gasteiger partial charge in [0.25, 0.3) is 5.91 Å². The first-order valence-electron chi connectivity index (χ1n) is 7.16. The molecule has 2 heterocycles. The lowest BCUT2D eigenvalue weighted by Crippen LogP contribution is -2.24. The Hall–Kier alpha value is -2.69. The number of aryl methyl sites for hydroxylation is 3. The fourth-order valence-corrected chi connectivity index (χ4v) is 2.55. The minimum absolute atomic E-state index is 0.0919. The molecule has 0 radical (unpaired) electrons. The molecule has 0 aliphatic carbocycles. The molecule has 0 saturated heterocycles. The summed E-state index contributed by atoms with van der Waals surface area (Å²) in [5.74, 6) is -0.0919. The minimum Gasteiger partial charge on any atom is -0.351 e. The summed E-state index contributed by atoms with van der Waals surface area (Å²) in [5.41, 5.74) is 4.46. The van der Waals surface area contributed by atoms with Gasteiger partial charge in [-0.1, -0.05) is 6.07 Å². The summed E-state index contributed by atoms with van der Waals surface area (Å²) in [7, 11) is 1.97. The maximum atomic E-state index is 12.4. The van der Waals surface area contributed by atoms with Crippen molar-refractivity contribution < 1.29 is 4.79 Å². The summed E-state index contributed by atoms with van der Waals surface area (Å²) in [6, 6.07) is 7.75. The predicted octanol–water partition coefficient (Wildman–Crippen LogP) is 2.52. The molecule has 5 nitrogen and oxygen atoms in total. The second kappa shape index (κ2) is 5.60. The molecule has 0 bridgehead atoms. The molecule has 0 atom stereocenters. The van der Waals surface area contributed by atoms with E-state index in [0.29, 0.717) is 12.1 Å². The van der Waals surface area contributed by atoms with Crippen LogP contribution in [0.25, 0.3) is 10.9 Å². The molecule has 1 amide bonds. The fourth-order valence-electron chi connectivity index (χ4n) is 2.55. The van der Waals surface area contributed by atoms with Gasteiger partial charge in [0.15, 0.2) is 0 Å². The Morgan fingerprint density at radius 3 is 2.64 bits per heavy atom. The molecule has 0 fully saturated rings. The van der Waals surface area contributed by atoms with Gasteiger partial charge in [-0.3, -0.25) is 4.79 Å². The van der Waals surface area contributed by atoms with Gasteiger partial charge in [-0.05, 0) is 37.4 Å². The molecular formula is C17H18N4O. The molecule has 0 spiro atoms. The van der Waals surface area contributed by atoms with Crippen LogP contribution in [-0.2, 0) is 13.6 Å². The molecule has 112 valence electrons. The second-order valence-electron chi connectivity index (χ2n) is 5.41. The molecule has 0 saturated carbocycles. The molecule has 1 aromatic carbocycles. The number of nitrogens with one attached hydrogen (secondary N) is 1. The van der Waals surface area contributed by atoms with E-state index in [2.05, 4.69) is 15.3 Å². The zero-order chi connectivity index (χ0) is 15.7. The molecule has 3 rings (SSSR count). The molecular weight excluding hydrogens is 276 g/mol. The van der Waals surface area contributed by atoms with Crippen molar-refractivity contribution in [2.75, 3.05) is 0 Å². The molecule has 22 heavy (non-hydrogen) atoms. The van der Waals surface area contributed by atoms with E-state index in [1.165, 1.54) is 0 Å². The van der Waals surface area contributed by atoms with Crippen molar-refractivity contribution in [3.05, 3.63) is 59.3 Å². The SMILES string of the molecule is Cc1ncnc(C)c1CNC(=O)c1ccc2ccn(C)c2c1. The maximum absolute atomic E-state index is 12.4. The van der Waals surface area contributed by atoms with E-state index in [4.69, 9.17) is 0 Å². The molecule has 1 N–H and O–H groups in total. The molecule has 5 heteroatoms. The van der Waals surface area contributed by atoms with E-state index in [9.17, 15) is 4.79 Å². The van der Waals surface area contributed by atoms with E-state index in [0.717, 1.165) is 27.9 Å². The van der Waals surface area contributed by atoms with Crippen LogP contribution in [0.2, 0.25) is 0 Å². The third-order valence-corrected chi connectivity index (χ3v) is 3.95. The highest BCUT2D eigenvalue weighted by molar-refractivity contribution is 5.98. The molecule has 0 unspecified atom stereocenters. The van der Waals surface area contributed by atoms with E-state index in [-0.39, 0.29) is 5.91 Å². The number of carbonyl (C=O) groups excluding carboxylic acids is 1. The van der Waals surface area contributed by atoms with E-state index < -0.39 is 0 Å². The van der Waals surface area contributed by atoms with E-state index >= 15 is 0 Å². The van der Waals surface area contributed by atoms with Gasteiger partial charge in [-0.15, -0.1) is 0 Å². The summed E-state index contributed by atoms with van der Waals surface area (Å²) in [6.07, 6.45) is 3.53. The van der Waals surface area contributed by atoms with Crippen LogP contribution >= 0.6 is 0 Å². The van der Waals surface area contributed by atoms with Gasteiger partial charge < -0.3 is 9.88 Å². The van der Waals surface area contributed by atoms with Crippen LogP contribution < -0.4 is 5.32 Å². The first kappa shape index (κ1) is 14.3. The van der Waals surface area contributed by atoms with Crippen LogP contribution in [-0.4, -0.2) is 20.4 Å². The second-order valence-corrected chi connectivity index (χ2v) is 5.41. The zero-order valence-electron chi connectivity index (χ0n) is 12.9. The molecule has 0 aliphatic heterocycles. The third-order valence-electron chi connectivity index (χ3n) is 3.95. The van der Waals surface area contributed by atoms with Gasteiger partial charge >= 0.3 is 0 Å². The van der Waals surface area contributed by atoms with Crippen molar-refractivity contribution in [1.82, 2.24) is 19.9 Å². The summed E-state index contributed by atoms with van der Waals surface area (Å²) in [6.45, 7) is 4.28. The van der Waals surface area contributed by atoms with Crippen molar-refractivity contribution >= 4 is 16.8 Å². The van der Waals surface area contributed by atoms with Crippen molar-refractivity contribution in [2.45, 2.75) is 20.4 Å². The number of amides is 1. The fraction of sp³-hybridized carbons (Fsp3) is 0.235. The number of carbonyl (C=O) groups is 1.